The van der Waals surface area contributed by atoms with E-state index in [0.717, 1.165) is 51.5 Å². The number of aryl methyl sites for hydroxylation is 1. The number of halogens is 1. The molecule has 0 aliphatic carbocycles. The maximum absolute atomic E-state index is 4.91. The number of benzene rings is 1. The molecule has 0 amide bonds. The third kappa shape index (κ3) is 6.97. The summed E-state index contributed by atoms with van der Waals surface area (Å²) in [6, 6.07) is 11.0. The van der Waals surface area contributed by atoms with Crippen LogP contribution < -0.4 is 5.32 Å². The summed E-state index contributed by atoms with van der Waals surface area (Å²) < 4.78 is 2.02. The Labute approximate surface area is 192 Å². The third-order valence-electron chi connectivity index (χ3n) is 5.67. The number of piperidine rings is 1. The highest BCUT2D eigenvalue weighted by molar-refractivity contribution is 14.0. The molecule has 1 saturated heterocycles. The fraction of sp³-hybridized carbons (Fsp3) is 0.591. The van der Waals surface area contributed by atoms with Crippen LogP contribution in [0.1, 0.15) is 51.0 Å². The lowest BCUT2D eigenvalue weighted by Crippen LogP contribution is -2.48. The molecule has 0 spiro atoms. The fourth-order valence-corrected chi connectivity index (χ4v) is 4.13. The van der Waals surface area contributed by atoms with Crippen molar-refractivity contribution in [2.45, 2.75) is 52.0 Å². The lowest BCUT2D eigenvalue weighted by molar-refractivity contribution is 0.215. The lowest BCUT2D eigenvalue weighted by Gasteiger charge is -2.40. The van der Waals surface area contributed by atoms with Crippen LogP contribution in [0, 0.1) is 5.92 Å². The second-order valence-electron chi connectivity index (χ2n) is 7.56. The molecule has 1 fully saturated rings. The average Bonchev–Trinajstić information content (AvgIpc) is 3.26. The van der Waals surface area contributed by atoms with Crippen molar-refractivity contribution in [2.24, 2.45) is 10.9 Å². The number of nitrogens with one attached hydrogen (secondary N) is 1. The Balaban J connectivity index is 0.00000300. The minimum atomic E-state index is 0. The number of likely N-dealkylation sites (tertiary alicyclic amines) is 1. The van der Waals surface area contributed by atoms with Gasteiger partial charge in [0.25, 0.3) is 0 Å². The number of aliphatic imine (C=N–C) groups is 1. The molecule has 0 saturated carbocycles. The Kier molecular flexibility index (Phi) is 10.5. The summed E-state index contributed by atoms with van der Waals surface area (Å²) in [5.41, 5.74) is 1.49. The average molecular weight is 510 g/mol. The number of nitrogens with zero attached hydrogens (tertiary/aromatic N) is 5. The summed E-state index contributed by atoms with van der Waals surface area (Å²) in [7, 11) is 0. The van der Waals surface area contributed by atoms with Gasteiger partial charge in [0.15, 0.2) is 5.96 Å². The number of unbranched alkanes of at least 4 members (excludes halogenated alkanes) is 1. The van der Waals surface area contributed by atoms with Crippen molar-refractivity contribution in [3.63, 3.8) is 0 Å². The van der Waals surface area contributed by atoms with Gasteiger partial charge >= 0.3 is 0 Å². The maximum Gasteiger partial charge on any atom is 0.193 e. The largest absolute Gasteiger partial charge is 0.357 e. The molecule has 2 atom stereocenters. The topological polar surface area (TPSA) is 58.3 Å². The molecule has 1 aromatic heterocycles. The summed E-state index contributed by atoms with van der Waals surface area (Å²) in [5.74, 6) is 2.42. The van der Waals surface area contributed by atoms with Crippen LogP contribution in [0.25, 0.3) is 0 Å². The number of aromatic nitrogens is 3. The first-order chi connectivity index (χ1) is 13.8. The van der Waals surface area contributed by atoms with Gasteiger partial charge in [-0.25, -0.2) is 0 Å². The number of rotatable bonds is 8. The second-order valence-corrected chi connectivity index (χ2v) is 7.56. The van der Waals surface area contributed by atoms with E-state index in [1.165, 1.54) is 18.4 Å². The van der Waals surface area contributed by atoms with E-state index in [0.29, 0.717) is 11.8 Å². The normalized spacial score (nSPS) is 19.7. The number of hydrogen-bond donors (Lipinski definition) is 1. The molecule has 29 heavy (non-hydrogen) atoms. The van der Waals surface area contributed by atoms with Gasteiger partial charge in [-0.05, 0) is 43.6 Å². The molecule has 0 bridgehead atoms. The van der Waals surface area contributed by atoms with Gasteiger partial charge < -0.3 is 14.8 Å². The van der Waals surface area contributed by atoms with E-state index in [9.17, 15) is 0 Å². The van der Waals surface area contributed by atoms with Gasteiger partial charge in [-0.15, -0.1) is 34.2 Å². The monoisotopic (exact) mass is 510 g/mol. The van der Waals surface area contributed by atoms with Gasteiger partial charge in [0.1, 0.15) is 12.7 Å². The fourth-order valence-electron chi connectivity index (χ4n) is 4.13. The quantitative estimate of drug-likeness (QED) is 0.251. The smallest absolute Gasteiger partial charge is 0.193 e. The van der Waals surface area contributed by atoms with Crippen LogP contribution >= 0.6 is 24.0 Å². The van der Waals surface area contributed by atoms with Crippen LogP contribution in [0.5, 0.6) is 0 Å². The van der Waals surface area contributed by atoms with E-state index in [-0.39, 0.29) is 24.0 Å². The molecular formula is C22H35IN6. The summed E-state index contributed by atoms with van der Waals surface area (Å²) in [6.45, 7) is 9.36. The zero-order chi connectivity index (χ0) is 19.6. The van der Waals surface area contributed by atoms with Crippen molar-refractivity contribution < 1.29 is 0 Å². The molecular weight excluding hydrogens is 475 g/mol. The van der Waals surface area contributed by atoms with Crippen LogP contribution in [-0.2, 0) is 6.54 Å². The van der Waals surface area contributed by atoms with E-state index in [1.807, 2.05) is 4.57 Å². The summed E-state index contributed by atoms with van der Waals surface area (Å²) in [6.07, 6.45) is 8.11. The maximum atomic E-state index is 4.91. The molecule has 2 aromatic rings. The second kappa shape index (κ2) is 12.8. The van der Waals surface area contributed by atoms with Crippen molar-refractivity contribution in [3.05, 3.63) is 48.5 Å². The van der Waals surface area contributed by atoms with Crippen LogP contribution in [0.4, 0.5) is 0 Å². The third-order valence-corrected chi connectivity index (χ3v) is 5.67. The van der Waals surface area contributed by atoms with Gasteiger partial charge in [-0.1, -0.05) is 43.7 Å². The first kappa shape index (κ1) is 23.6. The van der Waals surface area contributed by atoms with Gasteiger partial charge in [0.2, 0.25) is 0 Å². The predicted molar refractivity (Wildman–Crippen MR) is 130 cm³/mol. The standard InChI is InChI=1S/C22H34N6.HI/c1-3-19-16-28(15-12-21(19)20-10-6-5-7-11-20)22(23-4-2)24-13-8-9-14-27-17-25-26-18-27;/h5-7,10-11,17-19,21H,3-4,8-9,12-16H2,1-2H3,(H,23,24);1H. The first-order valence-corrected chi connectivity index (χ1v) is 10.7. The molecule has 1 aliphatic heterocycles. The minimum Gasteiger partial charge on any atom is -0.357 e. The summed E-state index contributed by atoms with van der Waals surface area (Å²) in [5, 5.41) is 11.2. The molecule has 3 rings (SSSR count). The molecule has 1 N–H and O–H groups in total. The zero-order valence-electron chi connectivity index (χ0n) is 17.7. The van der Waals surface area contributed by atoms with Crippen molar-refractivity contribution in [3.8, 4) is 0 Å². The van der Waals surface area contributed by atoms with Gasteiger partial charge in [-0.3, -0.25) is 4.99 Å². The SMILES string of the molecule is CCNC(=NCCCCn1cnnc1)N1CCC(c2ccccc2)C(CC)C1.I. The van der Waals surface area contributed by atoms with E-state index in [1.54, 1.807) is 12.7 Å². The van der Waals surface area contributed by atoms with Crippen molar-refractivity contribution in [1.29, 1.82) is 0 Å². The number of guanidine groups is 1. The molecule has 1 aliphatic rings. The van der Waals surface area contributed by atoms with Gasteiger partial charge in [0, 0.05) is 32.7 Å². The molecule has 2 unspecified atom stereocenters. The van der Waals surface area contributed by atoms with Crippen molar-refractivity contribution in [2.75, 3.05) is 26.2 Å². The Morgan fingerprint density at radius 1 is 1.14 bits per heavy atom. The molecule has 1 aromatic carbocycles. The van der Waals surface area contributed by atoms with Gasteiger partial charge in [0.05, 0.1) is 0 Å². The van der Waals surface area contributed by atoms with Crippen molar-refractivity contribution in [1.82, 2.24) is 25.0 Å². The van der Waals surface area contributed by atoms with Crippen LogP contribution in [0.3, 0.4) is 0 Å². The lowest BCUT2D eigenvalue weighted by atomic mass is 9.79. The molecule has 160 valence electrons. The predicted octanol–water partition coefficient (Wildman–Crippen LogP) is 4.16. The summed E-state index contributed by atoms with van der Waals surface area (Å²) >= 11 is 0. The highest BCUT2D eigenvalue weighted by Gasteiger charge is 2.30. The molecule has 7 heteroatoms. The van der Waals surface area contributed by atoms with E-state index in [4.69, 9.17) is 4.99 Å². The van der Waals surface area contributed by atoms with Crippen LogP contribution in [0.15, 0.2) is 48.0 Å². The van der Waals surface area contributed by atoms with Crippen LogP contribution in [0.2, 0.25) is 0 Å². The highest BCUT2D eigenvalue weighted by atomic mass is 127. The summed E-state index contributed by atoms with van der Waals surface area (Å²) in [4.78, 5) is 7.38. The number of hydrogen-bond acceptors (Lipinski definition) is 3. The molecule has 6 nitrogen and oxygen atoms in total. The first-order valence-electron chi connectivity index (χ1n) is 10.7. The van der Waals surface area contributed by atoms with Crippen LogP contribution in [-0.4, -0.2) is 51.8 Å². The van der Waals surface area contributed by atoms with Gasteiger partial charge in [-0.2, -0.15) is 0 Å². The Morgan fingerprint density at radius 3 is 2.59 bits per heavy atom. The molecule has 2 heterocycles. The van der Waals surface area contributed by atoms with E-state index >= 15 is 0 Å². The molecule has 0 radical (unpaired) electrons. The van der Waals surface area contributed by atoms with E-state index < -0.39 is 0 Å². The van der Waals surface area contributed by atoms with Crippen molar-refractivity contribution >= 4 is 29.9 Å². The minimum absolute atomic E-state index is 0. The Hall–Kier alpha value is -1.64. The Bertz CT molecular complexity index is 703. The Morgan fingerprint density at radius 2 is 1.90 bits per heavy atom. The zero-order valence-corrected chi connectivity index (χ0v) is 20.0. The highest BCUT2D eigenvalue weighted by Crippen LogP contribution is 2.34. The van der Waals surface area contributed by atoms with E-state index in [2.05, 4.69) is 64.6 Å².